The summed E-state index contributed by atoms with van der Waals surface area (Å²) in [6.07, 6.45) is 4.16. The molecule has 0 radical (unpaired) electrons. The van der Waals surface area contributed by atoms with Crippen LogP contribution in [0.1, 0.15) is 19.7 Å². The van der Waals surface area contributed by atoms with Crippen LogP contribution >= 0.6 is 11.6 Å². The number of halogens is 1. The lowest BCUT2D eigenvalue weighted by molar-refractivity contribution is 0.339. The van der Waals surface area contributed by atoms with Gasteiger partial charge >= 0.3 is 0 Å². The summed E-state index contributed by atoms with van der Waals surface area (Å²) in [6, 6.07) is 3.63. The number of hydrogen-bond acceptors (Lipinski definition) is 4. The molecular weight excluding hydrogens is 250 g/mol. The zero-order chi connectivity index (χ0) is 13.0. The molecule has 2 heterocycles. The van der Waals surface area contributed by atoms with Crippen molar-refractivity contribution in [2.45, 2.75) is 20.3 Å². The van der Waals surface area contributed by atoms with Crippen LogP contribution in [0.4, 0.5) is 0 Å². The number of rotatable bonds is 4. The van der Waals surface area contributed by atoms with Gasteiger partial charge in [-0.3, -0.25) is 4.98 Å². The number of hydrogen-bond donors (Lipinski definition) is 0. The van der Waals surface area contributed by atoms with Crippen LogP contribution in [0.15, 0.2) is 24.5 Å². The second kappa shape index (κ2) is 5.78. The first-order valence-corrected chi connectivity index (χ1v) is 6.22. The fourth-order valence-electron chi connectivity index (χ4n) is 1.58. The molecule has 0 fully saturated rings. The van der Waals surface area contributed by atoms with E-state index >= 15 is 0 Å². The Balaban J connectivity index is 2.41. The third kappa shape index (κ3) is 2.96. The van der Waals surface area contributed by atoms with Gasteiger partial charge in [0.1, 0.15) is 16.7 Å². The summed E-state index contributed by atoms with van der Waals surface area (Å²) in [4.78, 5) is 12.7. The van der Waals surface area contributed by atoms with Gasteiger partial charge in [0.2, 0.25) is 0 Å². The molecule has 0 spiro atoms. The van der Waals surface area contributed by atoms with E-state index in [1.165, 1.54) is 0 Å². The highest BCUT2D eigenvalue weighted by Crippen LogP contribution is 2.23. The lowest BCUT2D eigenvalue weighted by atomic mass is 10.2. The van der Waals surface area contributed by atoms with Crippen molar-refractivity contribution in [2.75, 3.05) is 6.61 Å². The zero-order valence-corrected chi connectivity index (χ0v) is 11.1. The van der Waals surface area contributed by atoms with Crippen molar-refractivity contribution in [3.8, 4) is 17.0 Å². The predicted octanol–water partition coefficient (Wildman–Crippen LogP) is 3.15. The van der Waals surface area contributed by atoms with E-state index in [0.29, 0.717) is 11.8 Å². The summed E-state index contributed by atoms with van der Waals surface area (Å²) in [7, 11) is 0. The predicted molar refractivity (Wildman–Crippen MR) is 70.8 cm³/mol. The van der Waals surface area contributed by atoms with Crippen LogP contribution in [0.25, 0.3) is 11.3 Å². The summed E-state index contributed by atoms with van der Waals surface area (Å²) in [5, 5.41) is 0.443. The Bertz CT molecular complexity index is 546. The fraction of sp³-hybridized carbons (Fsp3) is 0.308. The van der Waals surface area contributed by atoms with Gasteiger partial charge in [-0.2, -0.15) is 0 Å². The summed E-state index contributed by atoms with van der Waals surface area (Å²) >= 11 is 5.98. The van der Waals surface area contributed by atoms with Crippen LogP contribution in [-0.4, -0.2) is 21.6 Å². The molecule has 0 aromatic carbocycles. The normalized spacial score (nSPS) is 10.4. The molecule has 2 aromatic heterocycles. The van der Waals surface area contributed by atoms with E-state index in [-0.39, 0.29) is 0 Å². The van der Waals surface area contributed by atoms with Crippen LogP contribution in [-0.2, 0) is 6.42 Å². The molecular formula is C13H14ClN3O. The highest BCUT2D eigenvalue weighted by molar-refractivity contribution is 6.29. The van der Waals surface area contributed by atoms with Gasteiger partial charge in [0.15, 0.2) is 0 Å². The number of nitrogens with zero attached hydrogens (tertiary/aromatic N) is 3. The molecule has 0 saturated heterocycles. The molecule has 94 valence electrons. The maximum atomic E-state index is 5.98. The minimum atomic E-state index is 0.443. The highest BCUT2D eigenvalue weighted by atomic mass is 35.5. The Morgan fingerprint density at radius 3 is 2.72 bits per heavy atom. The minimum absolute atomic E-state index is 0.443. The van der Waals surface area contributed by atoms with Crippen molar-refractivity contribution in [1.82, 2.24) is 15.0 Å². The smallest absolute Gasteiger partial charge is 0.138 e. The first kappa shape index (κ1) is 12.8. The third-order valence-electron chi connectivity index (χ3n) is 2.38. The average molecular weight is 264 g/mol. The number of pyridine rings is 1. The van der Waals surface area contributed by atoms with Gasteiger partial charge in [0, 0.05) is 24.2 Å². The van der Waals surface area contributed by atoms with Crippen molar-refractivity contribution < 1.29 is 4.74 Å². The molecule has 2 aromatic rings. The molecule has 0 bridgehead atoms. The molecule has 0 aliphatic heterocycles. The van der Waals surface area contributed by atoms with Crippen molar-refractivity contribution in [3.05, 3.63) is 35.5 Å². The van der Waals surface area contributed by atoms with Gasteiger partial charge in [-0.15, -0.1) is 0 Å². The Morgan fingerprint density at radius 2 is 2.00 bits per heavy atom. The summed E-state index contributed by atoms with van der Waals surface area (Å²) < 4.78 is 5.42. The Morgan fingerprint density at radius 1 is 1.17 bits per heavy atom. The van der Waals surface area contributed by atoms with Gasteiger partial charge < -0.3 is 4.74 Å². The van der Waals surface area contributed by atoms with E-state index in [0.717, 1.165) is 29.3 Å². The molecule has 0 amide bonds. The van der Waals surface area contributed by atoms with Gasteiger partial charge in [-0.25, -0.2) is 9.97 Å². The van der Waals surface area contributed by atoms with Crippen LogP contribution < -0.4 is 4.74 Å². The quantitative estimate of drug-likeness (QED) is 0.795. The molecule has 2 rings (SSSR count). The lowest BCUT2D eigenvalue weighted by Gasteiger charge is -2.06. The van der Waals surface area contributed by atoms with Crippen molar-refractivity contribution in [3.63, 3.8) is 0 Å². The maximum Gasteiger partial charge on any atom is 0.138 e. The molecule has 0 aliphatic carbocycles. The Labute approximate surface area is 111 Å². The minimum Gasteiger partial charge on any atom is -0.492 e. The summed E-state index contributed by atoms with van der Waals surface area (Å²) in [5.41, 5.74) is 1.64. The second-order valence-corrected chi connectivity index (χ2v) is 4.08. The maximum absolute atomic E-state index is 5.98. The first-order valence-electron chi connectivity index (χ1n) is 5.84. The Hall–Kier alpha value is -1.68. The average Bonchev–Trinajstić information content (AvgIpc) is 2.39. The molecule has 0 unspecified atom stereocenters. The third-order valence-corrected chi connectivity index (χ3v) is 2.57. The van der Waals surface area contributed by atoms with Gasteiger partial charge in [0.25, 0.3) is 0 Å². The number of aromatic nitrogens is 3. The molecule has 18 heavy (non-hydrogen) atoms. The first-order chi connectivity index (χ1) is 8.72. The van der Waals surface area contributed by atoms with E-state index < -0.39 is 0 Å². The van der Waals surface area contributed by atoms with Crippen LogP contribution in [0.5, 0.6) is 5.75 Å². The van der Waals surface area contributed by atoms with Crippen molar-refractivity contribution >= 4 is 11.6 Å². The van der Waals surface area contributed by atoms with E-state index in [1.807, 2.05) is 19.9 Å². The molecule has 0 N–H and O–H groups in total. The SMILES string of the molecule is CCOc1cncc(-c2cc(Cl)nc(CC)n2)c1. The van der Waals surface area contributed by atoms with Crippen molar-refractivity contribution in [1.29, 1.82) is 0 Å². The van der Waals surface area contributed by atoms with E-state index in [4.69, 9.17) is 16.3 Å². The van der Waals surface area contributed by atoms with E-state index in [1.54, 1.807) is 18.5 Å². The highest BCUT2D eigenvalue weighted by Gasteiger charge is 2.06. The van der Waals surface area contributed by atoms with Crippen LogP contribution in [0.2, 0.25) is 5.15 Å². The fourth-order valence-corrected chi connectivity index (χ4v) is 1.78. The van der Waals surface area contributed by atoms with Crippen molar-refractivity contribution in [2.24, 2.45) is 0 Å². The zero-order valence-electron chi connectivity index (χ0n) is 10.4. The van der Waals surface area contributed by atoms with Gasteiger partial charge in [-0.1, -0.05) is 18.5 Å². The number of ether oxygens (including phenoxy) is 1. The molecule has 0 saturated carbocycles. The van der Waals surface area contributed by atoms with Gasteiger partial charge in [-0.05, 0) is 13.0 Å². The second-order valence-electron chi connectivity index (χ2n) is 3.69. The number of aryl methyl sites for hydroxylation is 1. The summed E-state index contributed by atoms with van der Waals surface area (Å²) in [6.45, 7) is 4.53. The lowest BCUT2D eigenvalue weighted by Crippen LogP contribution is -1.97. The van der Waals surface area contributed by atoms with Crippen LogP contribution in [0.3, 0.4) is 0 Å². The molecule has 0 atom stereocenters. The molecule has 5 heteroatoms. The molecule has 0 aliphatic rings. The monoisotopic (exact) mass is 263 g/mol. The summed E-state index contributed by atoms with van der Waals surface area (Å²) in [5.74, 6) is 1.45. The van der Waals surface area contributed by atoms with Crippen LogP contribution in [0, 0.1) is 0 Å². The topological polar surface area (TPSA) is 47.9 Å². The largest absolute Gasteiger partial charge is 0.492 e. The van der Waals surface area contributed by atoms with E-state index in [2.05, 4.69) is 15.0 Å². The van der Waals surface area contributed by atoms with Gasteiger partial charge in [0.05, 0.1) is 18.5 Å². The Kier molecular flexibility index (Phi) is 4.10. The van der Waals surface area contributed by atoms with E-state index in [9.17, 15) is 0 Å². The molecule has 4 nitrogen and oxygen atoms in total. The standard InChI is InChI=1S/C13H14ClN3O/c1-3-13-16-11(6-12(14)17-13)9-5-10(18-4-2)8-15-7-9/h5-8H,3-4H2,1-2H3.